The minimum atomic E-state index is -0.353. The summed E-state index contributed by atoms with van der Waals surface area (Å²) in [5.41, 5.74) is 3.50. The van der Waals surface area contributed by atoms with Crippen LogP contribution in [0.5, 0.6) is 5.75 Å². The number of nitrogens with one attached hydrogen (secondary N) is 1. The van der Waals surface area contributed by atoms with Gasteiger partial charge in [-0.05, 0) is 42.7 Å². The summed E-state index contributed by atoms with van der Waals surface area (Å²) in [7, 11) is 0. The third-order valence-corrected chi connectivity index (χ3v) is 6.51. The fraction of sp³-hybridized carbons (Fsp3) is 0.364. The molecular formula is C22H25BrN2O4S. The third kappa shape index (κ3) is 6.00. The lowest BCUT2D eigenvalue weighted by Gasteiger charge is -2.26. The van der Waals surface area contributed by atoms with E-state index in [0.717, 1.165) is 41.4 Å². The predicted molar refractivity (Wildman–Crippen MR) is 122 cm³/mol. The average Bonchev–Trinajstić information content (AvgIpc) is 3.14. The molecule has 8 heteroatoms. The predicted octanol–water partition coefficient (Wildman–Crippen LogP) is 5.06. The molecule has 1 fully saturated rings. The summed E-state index contributed by atoms with van der Waals surface area (Å²) in [5.74, 6) is 0.858. The fourth-order valence-corrected chi connectivity index (χ4v) is 4.92. The molecule has 30 heavy (non-hydrogen) atoms. The molecule has 0 bridgehead atoms. The molecule has 1 atom stereocenters. The normalized spacial score (nSPS) is 16.0. The molecular weight excluding hydrogens is 468 g/mol. The van der Waals surface area contributed by atoms with Gasteiger partial charge in [0, 0.05) is 10.9 Å². The number of hydrogen-bond donors (Lipinski definition) is 2. The molecule has 0 saturated carbocycles. The van der Waals surface area contributed by atoms with Crippen molar-refractivity contribution in [2.45, 2.75) is 37.5 Å². The van der Waals surface area contributed by atoms with Gasteiger partial charge in [-0.25, -0.2) is 5.48 Å². The highest BCUT2D eigenvalue weighted by molar-refractivity contribution is 9.10. The zero-order valence-corrected chi connectivity index (χ0v) is 19.0. The van der Waals surface area contributed by atoms with E-state index in [4.69, 9.17) is 9.94 Å². The topological polar surface area (TPSA) is 78.9 Å². The monoisotopic (exact) mass is 492 g/mol. The molecule has 2 aromatic rings. The van der Waals surface area contributed by atoms with Gasteiger partial charge in [-0.15, -0.1) is 11.8 Å². The van der Waals surface area contributed by atoms with Crippen LogP contribution < -0.4 is 15.1 Å². The second kappa shape index (κ2) is 11.4. The van der Waals surface area contributed by atoms with Gasteiger partial charge in [0.15, 0.2) is 0 Å². The van der Waals surface area contributed by atoms with Crippen molar-refractivity contribution in [2.75, 3.05) is 17.3 Å². The van der Waals surface area contributed by atoms with Gasteiger partial charge in [0.05, 0.1) is 18.0 Å². The Labute approximate surface area is 189 Å². The maximum Gasteiger partial charge on any atom is 0.243 e. The van der Waals surface area contributed by atoms with Crippen LogP contribution in [-0.4, -0.2) is 29.4 Å². The van der Waals surface area contributed by atoms with Crippen LogP contribution in [0.3, 0.4) is 0 Å². The van der Waals surface area contributed by atoms with Crippen LogP contribution in [0, 0.1) is 0 Å². The molecule has 2 aromatic carbocycles. The van der Waals surface area contributed by atoms with Crippen LogP contribution in [0.25, 0.3) is 0 Å². The number of carbonyl (C=O) groups is 2. The molecule has 3 rings (SSSR count). The molecule has 1 unspecified atom stereocenters. The minimum absolute atomic E-state index is 0.0724. The van der Waals surface area contributed by atoms with Crippen molar-refractivity contribution in [3.63, 3.8) is 0 Å². The summed E-state index contributed by atoms with van der Waals surface area (Å²) in [5, 5.41) is 8.40. The summed E-state index contributed by atoms with van der Waals surface area (Å²) in [6, 6.07) is 15.7. The number of unbranched alkanes of at least 4 members (excludes halogenated alkanes) is 3. The number of hydrogen-bond acceptors (Lipinski definition) is 5. The van der Waals surface area contributed by atoms with Crippen LogP contribution in [0.1, 0.15) is 43.0 Å². The molecule has 2 amide bonds. The van der Waals surface area contributed by atoms with Gasteiger partial charge in [-0.1, -0.05) is 53.0 Å². The SMILES string of the molecule is O=C(CCCCCCOc1ccccc1N1C(=O)CSC1c1cccc(Br)c1)NO. The lowest BCUT2D eigenvalue weighted by molar-refractivity contribution is -0.129. The maximum atomic E-state index is 12.7. The van der Waals surface area contributed by atoms with Gasteiger partial charge >= 0.3 is 0 Å². The summed E-state index contributed by atoms with van der Waals surface area (Å²) in [4.78, 5) is 25.5. The average molecular weight is 493 g/mol. The van der Waals surface area contributed by atoms with Crippen molar-refractivity contribution in [1.82, 2.24) is 5.48 Å². The summed E-state index contributed by atoms with van der Waals surface area (Å²) < 4.78 is 7.01. The molecule has 160 valence electrons. The number of halogens is 1. The van der Waals surface area contributed by atoms with E-state index in [1.807, 2.05) is 53.4 Å². The van der Waals surface area contributed by atoms with E-state index in [1.54, 1.807) is 17.2 Å². The molecule has 6 nitrogen and oxygen atoms in total. The van der Waals surface area contributed by atoms with Gasteiger partial charge in [-0.2, -0.15) is 0 Å². The van der Waals surface area contributed by atoms with Gasteiger partial charge in [0.1, 0.15) is 11.1 Å². The number of nitrogens with zero attached hydrogens (tertiary/aromatic N) is 1. The number of anilines is 1. The van der Waals surface area contributed by atoms with Crippen LogP contribution in [0.15, 0.2) is 53.0 Å². The summed E-state index contributed by atoms with van der Waals surface area (Å²) >= 11 is 5.13. The highest BCUT2D eigenvalue weighted by Crippen LogP contribution is 2.45. The van der Waals surface area contributed by atoms with Crippen LogP contribution in [0.4, 0.5) is 5.69 Å². The number of amides is 2. The Morgan fingerprint density at radius 1 is 1.17 bits per heavy atom. The number of thioether (sulfide) groups is 1. The van der Waals surface area contributed by atoms with Crippen molar-refractivity contribution >= 4 is 45.2 Å². The van der Waals surface area contributed by atoms with Gasteiger partial charge in [0.25, 0.3) is 0 Å². The van der Waals surface area contributed by atoms with E-state index in [1.165, 1.54) is 0 Å². The molecule has 1 saturated heterocycles. The molecule has 1 heterocycles. The Balaban J connectivity index is 1.61. The Morgan fingerprint density at radius 3 is 2.77 bits per heavy atom. The quantitative estimate of drug-likeness (QED) is 0.275. The number of rotatable bonds is 10. The molecule has 0 aliphatic carbocycles. The molecule has 0 radical (unpaired) electrons. The fourth-order valence-electron chi connectivity index (χ4n) is 3.35. The molecule has 2 N–H and O–H groups in total. The van der Waals surface area contributed by atoms with E-state index >= 15 is 0 Å². The first kappa shape index (κ1) is 22.7. The first-order valence-corrected chi connectivity index (χ1v) is 11.8. The van der Waals surface area contributed by atoms with E-state index in [0.29, 0.717) is 24.5 Å². The van der Waals surface area contributed by atoms with Crippen molar-refractivity contribution < 1.29 is 19.5 Å². The smallest absolute Gasteiger partial charge is 0.243 e. The molecule has 1 aliphatic heterocycles. The van der Waals surface area contributed by atoms with E-state index in [-0.39, 0.29) is 17.2 Å². The van der Waals surface area contributed by atoms with E-state index in [9.17, 15) is 9.59 Å². The van der Waals surface area contributed by atoms with Gasteiger partial charge in [0.2, 0.25) is 11.8 Å². The van der Waals surface area contributed by atoms with Crippen molar-refractivity contribution in [3.05, 3.63) is 58.6 Å². The first-order valence-electron chi connectivity index (χ1n) is 9.94. The maximum absolute atomic E-state index is 12.7. The minimum Gasteiger partial charge on any atom is -0.491 e. The van der Waals surface area contributed by atoms with Crippen LogP contribution >= 0.6 is 27.7 Å². The zero-order chi connectivity index (χ0) is 21.3. The largest absolute Gasteiger partial charge is 0.491 e. The van der Waals surface area contributed by atoms with Gasteiger partial charge < -0.3 is 4.74 Å². The van der Waals surface area contributed by atoms with Crippen LogP contribution in [0.2, 0.25) is 0 Å². The second-order valence-corrected chi connectivity index (χ2v) is 8.98. The third-order valence-electron chi connectivity index (χ3n) is 4.81. The zero-order valence-electron chi connectivity index (χ0n) is 16.6. The Morgan fingerprint density at radius 2 is 1.97 bits per heavy atom. The Bertz CT molecular complexity index is 880. The number of ether oxygens (including phenoxy) is 1. The standard InChI is InChI=1S/C22H25BrN2O4S/c23-17-9-7-8-16(14-17)22-25(21(27)15-30-22)18-10-4-5-11-19(18)29-13-6-2-1-3-12-20(26)24-28/h4-5,7-11,14,22,28H,1-3,6,12-13,15H2,(H,24,26). The highest BCUT2D eigenvalue weighted by atomic mass is 79.9. The molecule has 1 aliphatic rings. The van der Waals surface area contributed by atoms with Crippen molar-refractivity contribution in [1.29, 1.82) is 0 Å². The number of para-hydroxylation sites is 2. The van der Waals surface area contributed by atoms with Gasteiger partial charge in [-0.3, -0.25) is 19.7 Å². The lowest BCUT2D eigenvalue weighted by Crippen LogP contribution is -2.28. The van der Waals surface area contributed by atoms with Crippen molar-refractivity contribution in [2.24, 2.45) is 0 Å². The van der Waals surface area contributed by atoms with Crippen LogP contribution in [-0.2, 0) is 9.59 Å². The molecule has 0 aromatic heterocycles. The summed E-state index contributed by atoms with van der Waals surface area (Å²) in [6.07, 6.45) is 3.74. The number of hydroxylamine groups is 1. The van der Waals surface area contributed by atoms with E-state index < -0.39 is 0 Å². The lowest BCUT2D eigenvalue weighted by atomic mass is 10.1. The Hall–Kier alpha value is -2.03. The molecule has 0 spiro atoms. The first-order chi connectivity index (χ1) is 14.6. The highest BCUT2D eigenvalue weighted by Gasteiger charge is 2.35. The van der Waals surface area contributed by atoms with E-state index in [2.05, 4.69) is 15.9 Å². The second-order valence-electron chi connectivity index (χ2n) is 7.00. The van der Waals surface area contributed by atoms with Crippen molar-refractivity contribution in [3.8, 4) is 5.75 Å². The summed E-state index contributed by atoms with van der Waals surface area (Å²) in [6.45, 7) is 0.542. The Kier molecular flexibility index (Phi) is 8.60. The number of benzene rings is 2. The number of carbonyl (C=O) groups excluding carboxylic acids is 2.